The fourth-order valence-electron chi connectivity index (χ4n) is 2.34. The van der Waals surface area contributed by atoms with Gasteiger partial charge in [0.2, 0.25) is 0 Å². The molecule has 3 aromatic rings. The molecule has 3 rings (SSSR count). The summed E-state index contributed by atoms with van der Waals surface area (Å²) in [5.74, 6) is 0. The van der Waals surface area contributed by atoms with Crippen molar-refractivity contribution >= 4 is 21.4 Å². The molecule has 0 aliphatic heterocycles. The second-order valence-corrected chi connectivity index (χ2v) is 5.43. The topological polar surface area (TPSA) is 26.0 Å². The van der Waals surface area contributed by atoms with Crippen LogP contribution < -0.4 is 5.73 Å². The molecular formula is C16H15NS. The van der Waals surface area contributed by atoms with Gasteiger partial charge in [0.15, 0.2) is 0 Å². The van der Waals surface area contributed by atoms with Gasteiger partial charge in [-0.2, -0.15) is 0 Å². The number of thiophene rings is 1. The molecule has 0 saturated heterocycles. The lowest BCUT2D eigenvalue weighted by Gasteiger charge is -2.14. The summed E-state index contributed by atoms with van der Waals surface area (Å²) >= 11 is 1.76. The van der Waals surface area contributed by atoms with Crippen LogP contribution in [-0.2, 0) is 0 Å². The molecule has 1 nitrogen and oxygen atoms in total. The highest BCUT2D eigenvalue weighted by Crippen LogP contribution is 2.32. The van der Waals surface area contributed by atoms with Crippen molar-refractivity contribution < 1.29 is 0 Å². The average molecular weight is 253 g/mol. The summed E-state index contributed by atoms with van der Waals surface area (Å²) in [4.78, 5) is 0. The van der Waals surface area contributed by atoms with Gasteiger partial charge in [0.05, 0.1) is 6.04 Å². The van der Waals surface area contributed by atoms with Gasteiger partial charge < -0.3 is 5.73 Å². The molecule has 0 radical (unpaired) electrons. The van der Waals surface area contributed by atoms with Crippen molar-refractivity contribution in [2.24, 2.45) is 5.73 Å². The first-order valence-corrected chi connectivity index (χ1v) is 6.92. The zero-order chi connectivity index (χ0) is 12.5. The molecule has 0 aliphatic carbocycles. The second-order valence-electron chi connectivity index (χ2n) is 4.52. The van der Waals surface area contributed by atoms with Crippen LogP contribution in [0.15, 0.2) is 53.9 Å². The quantitative estimate of drug-likeness (QED) is 0.725. The molecule has 2 heteroatoms. The van der Waals surface area contributed by atoms with Crippen LogP contribution in [0.2, 0.25) is 0 Å². The van der Waals surface area contributed by atoms with Crippen molar-refractivity contribution in [3.63, 3.8) is 0 Å². The third-order valence-corrected chi connectivity index (χ3v) is 4.35. The standard InChI is InChI=1S/C16H15NS/c1-11-6-2-3-7-12(11)16(17)14-10-18-15-9-5-4-8-13(14)15/h2-10,16H,17H2,1H3. The predicted octanol–water partition coefficient (Wildman–Crippen LogP) is 4.26. The largest absolute Gasteiger partial charge is 0.320 e. The van der Waals surface area contributed by atoms with Crippen molar-refractivity contribution in [2.45, 2.75) is 13.0 Å². The lowest BCUT2D eigenvalue weighted by atomic mass is 9.95. The van der Waals surface area contributed by atoms with Gasteiger partial charge in [0.1, 0.15) is 0 Å². The van der Waals surface area contributed by atoms with Crippen LogP contribution in [0.25, 0.3) is 10.1 Å². The van der Waals surface area contributed by atoms with E-state index in [-0.39, 0.29) is 6.04 Å². The fraction of sp³-hybridized carbons (Fsp3) is 0.125. The van der Waals surface area contributed by atoms with E-state index in [1.165, 1.54) is 26.8 Å². The zero-order valence-electron chi connectivity index (χ0n) is 10.3. The summed E-state index contributed by atoms with van der Waals surface area (Å²) < 4.78 is 1.30. The summed E-state index contributed by atoms with van der Waals surface area (Å²) in [6.07, 6.45) is 0. The van der Waals surface area contributed by atoms with Gasteiger partial charge in [0.25, 0.3) is 0 Å². The lowest BCUT2D eigenvalue weighted by Crippen LogP contribution is -2.12. The van der Waals surface area contributed by atoms with Crippen LogP contribution in [0, 0.1) is 6.92 Å². The number of aryl methyl sites for hydroxylation is 1. The SMILES string of the molecule is Cc1ccccc1C(N)c1csc2ccccc12. The van der Waals surface area contributed by atoms with E-state index in [9.17, 15) is 0 Å². The van der Waals surface area contributed by atoms with Gasteiger partial charge in [-0.15, -0.1) is 11.3 Å². The minimum absolute atomic E-state index is 0.0395. The Labute approximate surface area is 111 Å². The number of benzene rings is 2. The number of hydrogen-bond donors (Lipinski definition) is 1. The number of rotatable bonds is 2. The molecule has 0 fully saturated rings. The Morgan fingerprint density at radius 3 is 2.50 bits per heavy atom. The maximum Gasteiger partial charge on any atom is 0.0568 e. The number of fused-ring (bicyclic) bond motifs is 1. The van der Waals surface area contributed by atoms with E-state index < -0.39 is 0 Å². The van der Waals surface area contributed by atoms with Gasteiger partial charge in [-0.05, 0) is 40.4 Å². The molecule has 0 aliphatic rings. The normalized spacial score (nSPS) is 12.8. The highest BCUT2D eigenvalue weighted by atomic mass is 32.1. The molecular weight excluding hydrogens is 238 g/mol. The first-order valence-electron chi connectivity index (χ1n) is 6.04. The van der Waals surface area contributed by atoms with Gasteiger partial charge >= 0.3 is 0 Å². The van der Waals surface area contributed by atoms with E-state index in [1.54, 1.807) is 11.3 Å². The van der Waals surface area contributed by atoms with E-state index in [2.05, 4.69) is 60.8 Å². The Morgan fingerprint density at radius 2 is 1.67 bits per heavy atom. The summed E-state index contributed by atoms with van der Waals surface area (Å²) in [7, 11) is 0. The molecule has 90 valence electrons. The Hall–Kier alpha value is -1.64. The average Bonchev–Trinajstić information content (AvgIpc) is 2.82. The van der Waals surface area contributed by atoms with Gasteiger partial charge in [0, 0.05) is 4.70 Å². The first-order chi connectivity index (χ1) is 8.77. The van der Waals surface area contributed by atoms with Gasteiger partial charge in [-0.25, -0.2) is 0 Å². The smallest absolute Gasteiger partial charge is 0.0568 e. The van der Waals surface area contributed by atoms with Gasteiger partial charge in [-0.3, -0.25) is 0 Å². The van der Waals surface area contributed by atoms with E-state index in [4.69, 9.17) is 5.73 Å². The van der Waals surface area contributed by atoms with Crippen molar-refractivity contribution in [1.29, 1.82) is 0 Å². The Kier molecular flexibility index (Phi) is 2.90. The maximum atomic E-state index is 6.43. The minimum atomic E-state index is -0.0395. The van der Waals surface area contributed by atoms with Crippen LogP contribution in [0.4, 0.5) is 0 Å². The van der Waals surface area contributed by atoms with E-state index in [0.29, 0.717) is 0 Å². The molecule has 2 aromatic carbocycles. The number of hydrogen-bond acceptors (Lipinski definition) is 2. The van der Waals surface area contributed by atoms with Crippen LogP contribution in [0.5, 0.6) is 0 Å². The summed E-state index contributed by atoms with van der Waals surface area (Å²) in [6.45, 7) is 2.11. The molecule has 1 unspecified atom stereocenters. The van der Waals surface area contributed by atoms with E-state index in [1.807, 2.05) is 0 Å². The first kappa shape index (κ1) is 11.5. The minimum Gasteiger partial charge on any atom is -0.320 e. The van der Waals surface area contributed by atoms with Crippen LogP contribution in [0.3, 0.4) is 0 Å². The highest BCUT2D eigenvalue weighted by Gasteiger charge is 2.14. The van der Waals surface area contributed by atoms with E-state index in [0.717, 1.165) is 0 Å². The summed E-state index contributed by atoms with van der Waals surface area (Å²) in [5, 5.41) is 3.46. The molecule has 0 spiro atoms. The molecule has 0 amide bonds. The van der Waals surface area contributed by atoms with Crippen LogP contribution >= 0.6 is 11.3 Å². The Morgan fingerprint density at radius 1 is 0.944 bits per heavy atom. The Bertz CT molecular complexity index is 684. The predicted molar refractivity (Wildman–Crippen MR) is 79.0 cm³/mol. The molecule has 1 aromatic heterocycles. The highest BCUT2D eigenvalue weighted by molar-refractivity contribution is 7.17. The summed E-state index contributed by atoms with van der Waals surface area (Å²) in [5.41, 5.74) is 10.1. The monoisotopic (exact) mass is 253 g/mol. The molecule has 1 atom stereocenters. The molecule has 0 saturated carbocycles. The van der Waals surface area contributed by atoms with Crippen molar-refractivity contribution in [3.8, 4) is 0 Å². The molecule has 2 N–H and O–H groups in total. The molecule has 1 heterocycles. The second kappa shape index (κ2) is 4.56. The van der Waals surface area contributed by atoms with Crippen molar-refractivity contribution in [1.82, 2.24) is 0 Å². The molecule has 0 bridgehead atoms. The number of nitrogens with two attached hydrogens (primary N) is 1. The van der Waals surface area contributed by atoms with Crippen molar-refractivity contribution in [3.05, 3.63) is 70.6 Å². The van der Waals surface area contributed by atoms with Crippen LogP contribution in [-0.4, -0.2) is 0 Å². The fourth-order valence-corrected chi connectivity index (χ4v) is 3.34. The Balaban J connectivity index is 2.13. The van der Waals surface area contributed by atoms with Crippen LogP contribution in [0.1, 0.15) is 22.7 Å². The third-order valence-electron chi connectivity index (χ3n) is 3.37. The van der Waals surface area contributed by atoms with E-state index >= 15 is 0 Å². The summed E-state index contributed by atoms with van der Waals surface area (Å²) in [6, 6.07) is 16.7. The maximum absolute atomic E-state index is 6.43. The third kappa shape index (κ3) is 1.84. The van der Waals surface area contributed by atoms with Gasteiger partial charge in [-0.1, -0.05) is 42.5 Å². The zero-order valence-corrected chi connectivity index (χ0v) is 11.1. The molecule has 18 heavy (non-hydrogen) atoms. The lowest BCUT2D eigenvalue weighted by molar-refractivity contribution is 0.874. The van der Waals surface area contributed by atoms with Crippen molar-refractivity contribution in [2.75, 3.05) is 0 Å².